The number of aromatic nitrogens is 1. The first-order chi connectivity index (χ1) is 8.27. The summed E-state index contributed by atoms with van der Waals surface area (Å²) >= 11 is 0. The molecular formula is C10H12F3N5. The van der Waals surface area contributed by atoms with E-state index in [-0.39, 0.29) is 11.5 Å². The lowest BCUT2D eigenvalue weighted by atomic mass is 10.2. The number of halogens is 3. The first-order valence-electron chi connectivity index (χ1n) is 4.94. The van der Waals surface area contributed by atoms with Gasteiger partial charge in [0.25, 0.3) is 0 Å². The van der Waals surface area contributed by atoms with Gasteiger partial charge >= 0.3 is 6.18 Å². The highest BCUT2D eigenvalue weighted by molar-refractivity contribution is 6.01. The Kier molecular flexibility index (Phi) is 3.89. The van der Waals surface area contributed by atoms with E-state index < -0.39 is 18.1 Å². The number of nitrogens with one attached hydrogen (secondary N) is 2. The maximum atomic E-state index is 12.6. The Morgan fingerprint density at radius 1 is 1.50 bits per heavy atom. The lowest BCUT2D eigenvalue weighted by molar-refractivity contribution is -0.160. The van der Waals surface area contributed by atoms with Crippen LogP contribution < -0.4 is 5.73 Å². The van der Waals surface area contributed by atoms with Crippen molar-refractivity contribution in [2.24, 2.45) is 0 Å². The van der Waals surface area contributed by atoms with E-state index in [2.05, 4.69) is 4.98 Å². The summed E-state index contributed by atoms with van der Waals surface area (Å²) in [7, 11) is 0. The number of anilines is 1. The van der Waals surface area contributed by atoms with Gasteiger partial charge in [0.2, 0.25) is 0 Å². The molecule has 18 heavy (non-hydrogen) atoms. The molecule has 0 saturated carbocycles. The van der Waals surface area contributed by atoms with Crippen LogP contribution in [0.25, 0.3) is 0 Å². The normalized spacial score (nSPS) is 12.9. The van der Waals surface area contributed by atoms with Crippen LogP contribution in [0.15, 0.2) is 18.2 Å². The third-order valence-corrected chi connectivity index (χ3v) is 2.30. The molecule has 0 spiro atoms. The first-order valence-corrected chi connectivity index (χ1v) is 4.94. The summed E-state index contributed by atoms with van der Waals surface area (Å²) in [4.78, 5) is 4.22. The number of alkyl halides is 3. The molecule has 0 fully saturated rings. The highest BCUT2D eigenvalue weighted by Gasteiger charge is 2.41. The number of nitrogen functional groups attached to an aromatic ring is 1. The molecule has 0 bridgehead atoms. The van der Waals surface area contributed by atoms with Crippen molar-refractivity contribution >= 4 is 18.0 Å². The molecule has 0 aliphatic heterocycles. The molecule has 1 atom stereocenters. The molecule has 0 aliphatic rings. The number of amidine groups is 1. The molecule has 1 unspecified atom stereocenters. The fourth-order valence-electron chi connectivity index (χ4n) is 1.24. The van der Waals surface area contributed by atoms with Gasteiger partial charge in [-0.1, -0.05) is 6.07 Å². The molecule has 0 aromatic carbocycles. The Bertz CT molecular complexity index is 457. The van der Waals surface area contributed by atoms with Crippen LogP contribution in [0, 0.1) is 10.8 Å². The second-order valence-corrected chi connectivity index (χ2v) is 3.55. The van der Waals surface area contributed by atoms with Crippen LogP contribution >= 0.6 is 0 Å². The van der Waals surface area contributed by atoms with Gasteiger partial charge in [-0.2, -0.15) is 13.2 Å². The van der Waals surface area contributed by atoms with Gasteiger partial charge in [-0.15, -0.1) is 0 Å². The van der Waals surface area contributed by atoms with Crippen LogP contribution in [0.1, 0.15) is 12.6 Å². The van der Waals surface area contributed by atoms with E-state index in [1.165, 1.54) is 18.2 Å². The van der Waals surface area contributed by atoms with Gasteiger partial charge in [0.05, 0.1) is 6.34 Å². The molecule has 4 N–H and O–H groups in total. The van der Waals surface area contributed by atoms with Crippen LogP contribution in [0.2, 0.25) is 0 Å². The molecule has 0 amide bonds. The summed E-state index contributed by atoms with van der Waals surface area (Å²) in [5, 5.41) is 14.7. The maximum absolute atomic E-state index is 12.6. The summed E-state index contributed by atoms with van der Waals surface area (Å²) in [6.45, 7) is 0.867. The fourth-order valence-corrected chi connectivity index (χ4v) is 1.24. The highest BCUT2D eigenvalue weighted by Crippen LogP contribution is 2.24. The summed E-state index contributed by atoms with van der Waals surface area (Å²) < 4.78 is 37.7. The minimum absolute atomic E-state index is 0.0189. The molecule has 5 nitrogen and oxygen atoms in total. The van der Waals surface area contributed by atoms with Crippen LogP contribution in [0.5, 0.6) is 0 Å². The predicted molar refractivity (Wildman–Crippen MR) is 61.6 cm³/mol. The van der Waals surface area contributed by atoms with E-state index in [1.54, 1.807) is 0 Å². The standard InChI is InChI=1S/C10H12F3N5/c1-6(10(11,12)13)18(5-14)9(16)7-3-2-4-8(15)17-7/h2-6,14,16H,1H3,(H2,15,17). The summed E-state index contributed by atoms with van der Waals surface area (Å²) in [5.74, 6) is -0.427. The smallest absolute Gasteiger partial charge is 0.384 e. The minimum Gasteiger partial charge on any atom is -0.384 e. The third kappa shape index (κ3) is 2.96. The average Bonchev–Trinajstić information content (AvgIpc) is 2.28. The van der Waals surface area contributed by atoms with Crippen LogP contribution in [0.4, 0.5) is 19.0 Å². The van der Waals surface area contributed by atoms with Gasteiger partial charge in [0.15, 0.2) is 5.84 Å². The Balaban J connectivity index is 3.03. The Morgan fingerprint density at radius 2 is 2.11 bits per heavy atom. The average molecular weight is 259 g/mol. The molecule has 0 radical (unpaired) electrons. The van der Waals surface area contributed by atoms with Crippen molar-refractivity contribution in [2.75, 3.05) is 5.73 Å². The maximum Gasteiger partial charge on any atom is 0.408 e. The molecule has 0 saturated heterocycles. The van der Waals surface area contributed by atoms with Crippen molar-refractivity contribution in [3.63, 3.8) is 0 Å². The monoisotopic (exact) mass is 259 g/mol. The van der Waals surface area contributed by atoms with Crippen LogP contribution in [-0.2, 0) is 0 Å². The van der Waals surface area contributed by atoms with Crippen LogP contribution in [0.3, 0.4) is 0 Å². The van der Waals surface area contributed by atoms with Gasteiger partial charge in [-0.25, -0.2) is 4.98 Å². The predicted octanol–water partition coefficient (Wildman–Crippen LogP) is 1.85. The van der Waals surface area contributed by atoms with E-state index in [0.717, 1.165) is 6.92 Å². The van der Waals surface area contributed by atoms with Crippen molar-refractivity contribution in [1.29, 1.82) is 10.8 Å². The lowest BCUT2D eigenvalue weighted by Gasteiger charge is -2.28. The topological polar surface area (TPSA) is 89.9 Å². The highest BCUT2D eigenvalue weighted by atomic mass is 19.4. The quantitative estimate of drug-likeness (QED) is 0.571. The first kappa shape index (κ1) is 13.9. The Hall–Kier alpha value is -2.12. The van der Waals surface area contributed by atoms with E-state index in [0.29, 0.717) is 11.2 Å². The third-order valence-electron chi connectivity index (χ3n) is 2.30. The molecule has 1 aromatic heterocycles. The van der Waals surface area contributed by atoms with E-state index in [9.17, 15) is 13.2 Å². The number of nitrogens with two attached hydrogens (primary N) is 1. The molecular weight excluding hydrogens is 247 g/mol. The van der Waals surface area contributed by atoms with Crippen molar-refractivity contribution in [3.8, 4) is 0 Å². The van der Waals surface area contributed by atoms with Gasteiger partial charge in [-0.05, 0) is 19.1 Å². The summed E-state index contributed by atoms with van der Waals surface area (Å²) in [6.07, 6.45) is -4.09. The number of rotatable bonds is 3. The zero-order chi connectivity index (χ0) is 13.9. The second kappa shape index (κ2) is 5.03. The van der Waals surface area contributed by atoms with E-state index in [1.807, 2.05) is 0 Å². The Labute approximate surface area is 101 Å². The molecule has 1 heterocycles. The van der Waals surface area contributed by atoms with Crippen molar-refractivity contribution in [3.05, 3.63) is 23.9 Å². The summed E-state index contributed by atoms with van der Waals surface area (Å²) in [6, 6.07) is 2.31. The van der Waals surface area contributed by atoms with Gasteiger partial charge in [-0.3, -0.25) is 10.8 Å². The van der Waals surface area contributed by atoms with Gasteiger partial charge < -0.3 is 10.6 Å². The minimum atomic E-state index is -4.54. The molecule has 8 heteroatoms. The number of hydrogen-bond donors (Lipinski definition) is 3. The SMILES string of the molecule is CC(N(C=N)C(=N)c1cccc(N)n1)C(F)(F)F. The van der Waals surface area contributed by atoms with E-state index in [4.69, 9.17) is 16.6 Å². The van der Waals surface area contributed by atoms with Gasteiger partial charge in [0.1, 0.15) is 17.6 Å². The van der Waals surface area contributed by atoms with E-state index >= 15 is 0 Å². The molecule has 1 rings (SSSR count). The molecule has 1 aromatic rings. The van der Waals surface area contributed by atoms with Crippen LogP contribution in [-0.4, -0.2) is 34.3 Å². The number of hydrogen-bond acceptors (Lipinski definition) is 4. The lowest BCUT2D eigenvalue weighted by Crippen LogP contribution is -2.46. The fraction of sp³-hybridized carbons (Fsp3) is 0.300. The van der Waals surface area contributed by atoms with Crippen molar-refractivity contribution in [1.82, 2.24) is 9.88 Å². The number of nitrogens with zero attached hydrogens (tertiary/aromatic N) is 2. The Morgan fingerprint density at radius 3 is 2.56 bits per heavy atom. The molecule has 98 valence electrons. The van der Waals surface area contributed by atoms with Gasteiger partial charge in [0, 0.05) is 0 Å². The zero-order valence-electron chi connectivity index (χ0n) is 9.49. The number of pyridine rings is 1. The largest absolute Gasteiger partial charge is 0.408 e. The van der Waals surface area contributed by atoms with Crippen molar-refractivity contribution in [2.45, 2.75) is 19.1 Å². The summed E-state index contributed by atoms with van der Waals surface area (Å²) in [5.41, 5.74) is 5.38. The zero-order valence-corrected chi connectivity index (χ0v) is 9.49. The second-order valence-electron chi connectivity index (χ2n) is 3.55. The van der Waals surface area contributed by atoms with Crippen molar-refractivity contribution < 1.29 is 13.2 Å². The molecule has 0 aliphatic carbocycles.